The van der Waals surface area contributed by atoms with Crippen LogP contribution in [0.25, 0.3) is 33.6 Å². The summed E-state index contributed by atoms with van der Waals surface area (Å²) >= 11 is 0. The van der Waals surface area contributed by atoms with Crippen molar-refractivity contribution in [2.45, 2.75) is 38.3 Å². The zero-order valence-electron chi connectivity index (χ0n) is 24.4. The highest BCUT2D eigenvalue weighted by molar-refractivity contribution is 6.08. The van der Waals surface area contributed by atoms with Crippen LogP contribution in [0.5, 0.6) is 0 Å². The van der Waals surface area contributed by atoms with Gasteiger partial charge < -0.3 is 13.9 Å². The number of nitrogens with zero attached hydrogens (tertiary/aromatic N) is 7. The Morgan fingerprint density at radius 3 is 2.65 bits per heavy atom. The van der Waals surface area contributed by atoms with Crippen LogP contribution in [0.2, 0.25) is 0 Å². The van der Waals surface area contributed by atoms with Crippen LogP contribution in [0.1, 0.15) is 57.5 Å². The predicted molar refractivity (Wildman–Crippen MR) is 164 cm³/mol. The average Bonchev–Trinajstić information content (AvgIpc) is 3.87. The first-order chi connectivity index (χ1) is 22.5. The van der Waals surface area contributed by atoms with Crippen molar-refractivity contribution >= 4 is 16.9 Å². The number of hydrogen-bond acceptors (Lipinski definition) is 8. The lowest BCUT2D eigenvalue weighted by molar-refractivity contribution is 0.0776. The Labute approximate surface area is 261 Å². The molecule has 2 aliphatic rings. The van der Waals surface area contributed by atoms with Crippen molar-refractivity contribution in [1.29, 1.82) is 5.26 Å². The van der Waals surface area contributed by atoms with Gasteiger partial charge in [-0.25, -0.2) is 19.3 Å². The van der Waals surface area contributed by atoms with Gasteiger partial charge in [0, 0.05) is 41.6 Å². The lowest BCUT2D eigenvalue weighted by Crippen LogP contribution is -2.23. The van der Waals surface area contributed by atoms with Crippen molar-refractivity contribution < 1.29 is 13.6 Å². The molecule has 12 heteroatoms. The average molecular weight is 613 g/mol. The Kier molecular flexibility index (Phi) is 6.53. The number of nitrogens with one attached hydrogen (secondary N) is 1. The summed E-state index contributed by atoms with van der Waals surface area (Å²) in [7, 11) is 0. The first-order valence-corrected chi connectivity index (χ1v) is 14.9. The van der Waals surface area contributed by atoms with Crippen LogP contribution in [0, 0.1) is 17.1 Å². The van der Waals surface area contributed by atoms with Gasteiger partial charge in [0.25, 0.3) is 11.8 Å². The number of aryl methyl sites for hydroxylation is 2. The van der Waals surface area contributed by atoms with Crippen molar-refractivity contribution in [2.24, 2.45) is 0 Å². The van der Waals surface area contributed by atoms with Crippen LogP contribution < -0.4 is 5.76 Å². The standard InChI is InChI=1S/C34H25FN8O3/c35-23-7-3-19(4-8-23)6-10-25-28(32-40-41-34(45)46-32)27(29-30(39-25)26-2-1-12-43(26)33(29)44)22-14-21-11-13-42(31(21)38-17-22)18-24-9-5-20(15-36)16-37-24/h3-5,7-9,11,13-14,16-17,26H,1-2,6,10,12,18H2,(H,41,45). The number of fused-ring (bicyclic) bond motifs is 4. The lowest BCUT2D eigenvalue weighted by Gasteiger charge is -2.17. The molecule has 5 aromatic heterocycles. The van der Waals surface area contributed by atoms with E-state index in [1.54, 1.807) is 30.6 Å². The molecule has 6 aromatic rings. The van der Waals surface area contributed by atoms with E-state index in [1.165, 1.54) is 12.1 Å². The Morgan fingerprint density at radius 2 is 1.89 bits per heavy atom. The molecule has 0 aliphatic carbocycles. The lowest BCUT2D eigenvalue weighted by atomic mass is 9.90. The van der Waals surface area contributed by atoms with Crippen molar-refractivity contribution in [1.82, 2.24) is 34.6 Å². The van der Waals surface area contributed by atoms with Gasteiger partial charge in [0.2, 0.25) is 0 Å². The number of H-pyrrole nitrogens is 1. The Balaban J connectivity index is 1.28. The van der Waals surface area contributed by atoms with Crippen LogP contribution in [0.15, 0.2) is 76.3 Å². The second kappa shape index (κ2) is 10.9. The second-order valence-electron chi connectivity index (χ2n) is 11.5. The van der Waals surface area contributed by atoms with Gasteiger partial charge in [-0.2, -0.15) is 5.26 Å². The molecule has 1 amide bonds. The zero-order valence-corrected chi connectivity index (χ0v) is 24.4. The number of carbonyl (C=O) groups excluding carboxylic acids is 1. The van der Waals surface area contributed by atoms with Crippen LogP contribution in [-0.2, 0) is 19.4 Å². The number of benzene rings is 1. The molecule has 11 nitrogen and oxygen atoms in total. The summed E-state index contributed by atoms with van der Waals surface area (Å²) in [5, 5.41) is 16.5. The fraction of sp³-hybridized carbons (Fsp3) is 0.206. The number of aromatic amines is 1. The summed E-state index contributed by atoms with van der Waals surface area (Å²) in [6.07, 6.45) is 7.85. The Morgan fingerprint density at radius 1 is 1.02 bits per heavy atom. The summed E-state index contributed by atoms with van der Waals surface area (Å²) < 4.78 is 21.1. The van der Waals surface area contributed by atoms with Crippen LogP contribution in [0.4, 0.5) is 4.39 Å². The highest BCUT2D eigenvalue weighted by atomic mass is 19.1. The number of aromatic nitrogens is 6. The van der Waals surface area contributed by atoms with E-state index in [-0.39, 0.29) is 23.7 Å². The first kappa shape index (κ1) is 27.6. The highest BCUT2D eigenvalue weighted by Crippen LogP contribution is 2.47. The fourth-order valence-electron chi connectivity index (χ4n) is 6.60. The van der Waals surface area contributed by atoms with Crippen molar-refractivity contribution in [3.8, 4) is 28.7 Å². The van der Waals surface area contributed by atoms with Crippen molar-refractivity contribution in [2.75, 3.05) is 6.54 Å². The maximum Gasteiger partial charge on any atom is 0.434 e. The normalized spacial score (nSPS) is 15.3. The minimum atomic E-state index is -0.722. The van der Waals surface area contributed by atoms with Gasteiger partial charge >= 0.3 is 5.76 Å². The van der Waals surface area contributed by atoms with Gasteiger partial charge in [-0.1, -0.05) is 12.1 Å². The Hall–Kier alpha value is -5.96. The van der Waals surface area contributed by atoms with E-state index in [0.29, 0.717) is 65.1 Å². The van der Waals surface area contributed by atoms with Gasteiger partial charge in [0.1, 0.15) is 17.5 Å². The van der Waals surface area contributed by atoms with Crippen LogP contribution >= 0.6 is 0 Å². The molecule has 0 radical (unpaired) electrons. The SMILES string of the molecule is N#Cc1ccc(Cn2ccc3cc(-c4c5c(nc(CCc6ccc(F)cc6)c4-c4n[nH]c(=O)o4)C4CCCN4C5=O)cnc32)nc1. The third-order valence-electron chi connectivity index (χ3n) is 8.74. The molecule has 46 heavy (non-hydrogen) atoms. The topological polar surface area (TPSA) is 147 Å². The molecule has 0 bridgehead atoms. The molecule has 1 fully saturated rings. The zero-order chi connectivity index (χ0) is 31.4. The molecular weight excluding hydrogens is 587 g/mol. The number of pyridine rings is 3. The van der Waals surface area contributed by atoms with Crippen molar-refractivity contribution in [3.63, 3.8) is 0 Å². The van der Waals surface area contributed by atoms with E-state index in [2.05, 4.69) is 21.3 Å². The molecule has 1 N–H and O–H groups in total. The maximum atomic E-state index is 14.0. The molecule has 2 aliphatic heterocycles. The summed E-state index contributed by atoms with van der Waals surface area (Å²) in [6, 6.07) is 15.7. The molecule has 1 aromatic carbocycles. The highest BCUT2D eigenvalue weighted by Gasteiger charge is 2.44. The van der Waals surface area contributed by atoms with Gasteiger partial charge in [-0.05, 0) is 67.6 Å². The number of halogens is 1. The number of amides is 1. The number of carbonyl (C=O) groups is 1. The molecule has 0 spiro atoms. The van der Waals surface area contributed by atoms with E-state index >= 15 is 0 Å². The molecule has 226 valence electrons. The maximum absolute atomic E-state index is 14.0. The smallest absolute Gasteiger partial charge is 0.388 e. The third-order valence-corrected chi connectivity index (χ3v) is 8.74. The molecular formula is C34H25FN8O3. The first-order valence-electron chi connectivity index (χ1n) is 14.9. The van der Waals surface area contributed by atoms with E-state index < -0.39 is 5.76 Å². The summed E-state index contributed by atoms with van der Waals surface area (Å²) in [4.78, 5) is 42.3. The number of nitriles is 1. The van der Waals surface area contributed by atoms with Gasteiger partial charge in [0.15, 0.2) is 0 Å². The number of hydrogen-bond donors (Lipinski definition) is 1. The van der Waals surface area contributed by atoms with E-state index in [4.69, 9.17) is 19.6 Å². The molecule has 0 saturated carbocycles. The summed E-state index contributed by atoms with van der Waals surface area (Å²) in [6.45, 7) is 1.10. The minimum Gasteiger partial charge on any atom is -0.388 e. The summed E-state index contributed by atoms with van der Waals surface area (Å²) in [5.41, 5.74) is 6.40. The quantitative estimate of drug-likeness (QED) is 0.266. The fourth-order valence-corrected chi connectivity index (χ4v) is 6.60. The third kappa shape index (κ3) is 4.64. The monoisotopic (exact) mass is 612 g/mol. The second-order valence-corrected chi connectivity index (χ2v) is 11.5. The van der Waals surface area contributed by atoms with E-state index in [1.807, 2.05) is 33.9 Å². The van der Waals surface area contributed by atoms with Gasteiger partial charge in [-0.15, -0.1) is 5.10 Å². The molecule has 1 saturated heterocycles. The van der Waals surface area contributed by atoms with Crippen LogP contribution in [-0.4, -0.2) is 47.1 Å². The van der Waals surface area contributed by atoms with Gasteiger partial charge in [-0.3, -0.25) is 14.8 Å². The molecule has 8 rings (SSSR count). The van der Waals surface area contributed by atoms with E-state index in [9.17, 15) is 14.0 Å². The van der Waals surface area contributed by atoms with Gasteiger partial charge in [0.05, 0.1) is 46.4 Å². The summed E-state index contributed by atoms with van der Waals surface area (Å²) in [5.74, 6) is -1.12. The number of rotatable bonds is 7. The molecule has 1 unspecified atom stereocenters. The predicted octanol–water partition coefficient (Wildman–Crippen LogP) is 4.97. The van der Waals surface area contributed by atoms with Crippen molar-refractivity contribution in [3.05, 3.63) is 117 Å². The molecule has 7 heterocycles. The minimum absolute atomic E-state index is 0.0359. The largest absolute Gasteiger partial charge is 0.434 e. The van der Waals surface area contributed by atoms with Crippen LogP contribution in [0.3, 0.4) is 0 Å². The van der Waals surface area contributed by atoms with E-state index in [0.717, 1.165) is 35.1 Å². The molecule has 1 atom stereocenters. The Bertz CT molecular complexity index is 2250.